The number of nitrogens with zero attached hydrogens (tertiary/aromatic N) is 2. The average molecular weight is 310 g/mol. The molecule has 0 unspecified atom stereocenters. The number of nitrogens with one attached hydrogen (secondary N) is 1. The smallest absolute Gasteiger partial charge is 0.250 e. The number of hydrogen-bond acceptors (Lipinski definition) is 6. The van der Waals surface area contributed by atoms with Crippen molar-refractivity contribution in [1.29, 1.82) is 0 Å². The molecule has 5 nitrogen and oxygen atoms in total. The molecule has 0 atom stereocenters. The van der Waals surface area contributed by atoms with Crippen LogP contribution in [0.3, 0.4) is 0 Å². The van der Waals surface area contributed by atoms with Crippen LogP contribution in [0.2, 0.25) is 4.47 Å². The molecule has 0 aromatic carbocycles. The van der Waals surface area contributed by atoms with E-state index in [1.165, 1.54) is 17.5 Å². The Morgan fingerprint density at radius 2 is 2.24 bits per heavy atom. The highest BCUT2D eigenvalue weighted by Gasteiger charge is 2.16. The molecule has 0 saturated carbocycles. The van der Waals surface area contributed by atoms with Crippen molar-refractivity contribution in [3.8, 4) is 0 Å². The van der Waals surface area contributed by atoms with Gasteiger partial charge in [0.05, 0.1) is 11.2 Å². The highest BCUT2D eigenvalue weighted by Crippen LogP contribution is 2.21. The maximum Gasteiger partial charge on any atom is 0.251 e. The summed E-state index contributed by atoms with van der Waals surface area (Å²) in [5.74, 6) is 0. The Morgan fingerprint density at radius 3 is 2.82 bits per heavy atom. The summed E-state index contributed by atoms with van der Waals surface area (Å²) >= 11 is 8.02. The largest absolute Gasteiger partial charge is 0.251 e. The van der Waals surface area contributed by atoms with Crippen molar-refractivity contribution in [1.82, 2.24) is 14.7 Å². The fourth-order valence-electron chi connectivity index (χ4n) is 1.10. The lowest BCUT2D eigenvalue weighted by Gasteiger charge is -2.02. The summed E-state index contributed by atoms with van der Waals surface area (Å²) in [6, 6.07) is 0. The van der Waals surface area contributed by atoms with Crippen LogP contribution in [-0.4, -0.2) is 24.9 Å². The highest BCUT2D eigenvalue weighted by atomic mass is 35.5. The fourth-order valence-corrected chi connectivity index (χ4v) is 4.09. The minimum absolute atomic E-state index is 0.127. The molecule has 0 fully saturated rings. The molecule has 0 radical (unpaired) electrons. The Hall–Kier alpha value is -0.540. The maximum atomic E-state index is 11.8. The molecule has 9 heteroatoms. The van der Waals surface area contributed by atoms with E-state index in [-0.39, 0.29) is 8.68 Å². The third-order valence-corrected chi connectivity index (χ3v) is 5.71. The van der Waals surface area contributed by atoms with Crippen LogP contribution >= 0.6 is 34.3 Å². The van der Waals surface area contributed by atoms with Gasteiger partial charge in [-0.1, -0.05) is 22.9 Å². The number of aromatic nitrogens is 2. The third-order valence-electron chi connectivity index (χ3n) is 1.84. The SMILES string of the molecule is O=S(=O)(NCCc1nccs1)c1cnc(Cl)s1. The molecular weight excluding hydrogens is 302 g/mol. The van der Waals surface area contributed by atoms with Crippen molar-refractivity contribution in [3.63, 3.8) is 0 Å². The molecule has 0 aliphatic rings. The van der Waals surface area contributed by atoms with E-state index in [4.69, 9.17) is 11.6 Å². The lowest BCUT2D eigenvalue weighted by molar-refractivity contribution is 0.583. The van der Waals surface area contributed by atoms with E-state index >= 15 is 0 Å². The molecule has 0 spiro atoms. The van der Waals surface area contributed by atoms with E-state index < -0.39 is 10.0 Å². The van der Waals surface area contributed by atoms with Crippen molar-refractivity contribution in [3.05, 3.63) is 27.2 Å². The molecule has 1 N–H and O–H groups in total. The molecule has 0 bridgehead atoms. The number of hydrogen-bond donors (Lipinski definition) is 1. The second-order valence-electron chi connectivity index (χ2n) is 3.01. The predicted molar refractivity (Wildman–Crippen MR) is 68.1 cm³/mol. The van der Waals surface area contributed by atoms with Gasteiger partial charge >= 0.3 is 0 Å². The van der Waals surface area contributed by atoms with E-state index in [1.54, 1.807) is 6.20 Å². The molecule has 2 aromatic heterocycles. The van der Waals surface area contributed by atoms with Gasteiger partial charge in [-0.2, -0.15) is 0 Å². The molecule has 0 saturated heterocycles. The average Bonchev–Trinajstić information content (AvgIpc) is 2.89. The first-order valence-electron chi connectivity index (χ1n) is 4.57. The molecule has 17 heavy (non-hydrogen) atoms. The van der Waals surface area contributed by atoms with Crippen LogP contribution in [0.4, 0.5) is 0 Å². The molecular formula is C8H8ClN3O2S3. The monoisotopic (exact) mass is 309 g/mol. The Balaban J connectivity index is 1.94. The quantitative estimate of drug-likeness (QED) is 0.913. The lowest BCUT2D eigenvalue weighted by atomic mass is 10.5. The summed E-state index contributed by atoms with van der Waals surface area (Å²) in [5.41, 5.74) is 0. The van der Waals surface area contributed by atoms with Crippen LogP contribution in [0.15, 0.2) is 22.0 Å². The zero-order valence-corrected chi connectivity index (χ0v) is 11.7. The summed E-state index contributed by atoms with van der Waals surface area (Å²) in [7, 11) is -3.49. The van der Waals surface area contributed by atoms with Gasteiger partial charge in [-0.3, -0.25) is 0 Å². The van der Waals surface area contributed by atoms with Gasteiger partial charge < -0.3 is 0 Å². The van der Waals surface area contributed by atoms with Crippen molar-refractivity contribution in [2.24, 2.45) is 0 Å². The summed E-state index contributed by atoms with van der Waals surface area (Å²) in [6.07, 6.45) is 3.51. The molecule has 0 aliphatic heterocycles. The maximum absolute atomic E-state index is 11.8. The lowest BCUT2D eigenvalue weighted by Crippen LogP contribution is -2.25. The summed E-state index contributed by atoms with van der Waals surface area (Å²) in [4.78, 5) is 7.76. The van der Waals surface area contributed by atoms with Gasteiger partial charge in [-0.05, 0) is 0 Å². The first-order chi connectivity index (χ1) is 8.08. The van der Waals surface area contributed by atoms with Crippen molar-refractivity contribution >= 4 is 44.3 Å². The zero-order chi connectivity index (χ0) is 12.3. The third kappa shape index (κ3) is 3.46. The molecule has 92 valence electrons. The molecule has 2 heterocycles. The van der Waals surface area contributed by atoms with Gasteiger partial charge in [-0.25, -0.2) is 23.1 Å². The van der Waals surface area contributed by atoms with Crippen LogP contribution in [0.25, 0.3) is 0 Å². The van der Waals surface area contributed by atoms with E-state index in [1.807, 2.05) is 5.38 Å². The number of thiazole rings is 2. The normalized spacial score (nSPS) is 11.8. The van der Waals surface area contributed by atoms with Crippen molar-refractivity contribution in [2.75, 3.05) is 6.54 Å². The van der Waals surface area contributed by atoms with Crippen molar-refractivity contribution < 1.29 is 8.42 Å². The summed E-state index contributed by atoms with van der Waals surface area (Å²) < 4.78 is 26.3. The second kappa shape index (κ2) is 5.40. The second-order valence-corrected chi connectivity index (χ2v) is 7.59. The number of sulfonamides is 1. The molecule has 0 amide bonds. The molecule has 0 aliphatic carbocycles. The minimum atomic E-state index is -3.49. The molecule has 2 aromatic rings. The minimum Gasteiger partial charge on any atom is -0.250 e. The van der Waals surface area contributed by atoms with Crippen LogP contribution in [0, 0.1) is 0 Å². The standard InChI is InChI=1S/C8H8ClN3O2S3/c9-8-11-5-7(16-8)17(13,14)12-2-1-6-10-3-4-15-6/h3-5,12H,1-2H2. The van der Waals surface area contributed by atoms with E-state index in [0.717, 1.165) is 16.3 Å². The Kier molecular flexibility index (Phi) is 4.10. The Morgan fingerprint density at radius 1 is 1.41 bits per heavy atom. The van der Waals surface area contributed by atoms with Gasteiger partial charge in [0.1, 0.15) is 0 Å². The number of halogens is 1. The van der Waals surface area contributed by atoms with E-state index in [9.17, 15) is 8.42 Å². The van der Waals surface area contributed by atoms with Gasteiger partial charge in [0, 0.05) is 24.5 Å². The topological polar surface area (TPSA) is 72.0 Å². The van der Waals surface area contributed by atoms with Crippen LogP contribution in [0.1, 0.15) is 5.01 Å². The Bertz CT molecular complexity index is 579. The fraction of sp³-hybridized carbons (Fsp3) is 0.250. The summed E-state index contributed by atoms with van der Waals surface area (Å²) in [6.45, 7) is 0.311. The van der Waals surface area contributed by atoms with Crippen LogP contribution in [0.5, 0.6) is 0 Å². The zero-order valence-electron chi connectivity index (χ0n) is 8.46. The number of rotatable bonds is 5. The van der Waals surface area contributed by atoms with Gasteiger partial charge in [0.2, 0.25) is 0 Å². The highest BCUT2D eigenvalue weighted by molar-refractivity contribution is 7.91. The van der Waals surface area contributed by atoms with E-state index in [0.29, 0.717) is 13.0 Å². The summed E-state index contributed by atoms with van der Waals surface area (Å²) in [5, 5.41) is 2.75. The predicted octanol–water partition coefficient (Wildman–Crippen LogP) is 1.77. The van der Waals surface area contributed by atoms with E-state index in [2.05, 4.69) is 14.7 Å². The van der Waals surface area contributed by atoms with Gasteiger partial charge in [0.15, 0.2) is 8.68 Å². The molecule has 2 rings (SSSR count). The Labute approximate surface area is 112 Å². The van der Waals surface area contributed by atoms with Crippen molar-refractivity contribution in [2.45, 2.75) is 10.6 Å². The first-order valence-corrected chi connectivity index (χ1v) is 8.13. The van der Waals surface area contributed by atoms with Gasteiger partial charge in [0.25, 0.3) is 10.0 Å². The van der Waals surface area contributed by atoms with Crippen LogP contribution < -0.4 is 4.72 Å². The first kappa shape index (κ1) is 12.9. The van der Waals surface area contributed by atoms with Gasteiger partial charge in [-0.15, -0.1) is 11.3 Å². The van der Waals surface area contributed by atoms with Crippen LogP contribution in [-0.2, 0) is 16.4 Å².